The average Bonchev–Trinajstić information content (AvgIpc) is 3.24. The molecule has 1 aromatic carbocycles. The van der Waals surface area contributed by atoms with E-state index >= 15 is 0 Å². The van der Waals surface area contributed by atoms with Gasteiger partial charge < -0.3 is 24.8 Å². The number of nitrogens with zero attached hydrogens (tertiary/aromatic N) is 1. The highest BCUT2D eigenvalue weighted by Gasteiger charge is 2.46. The van der Waals surface area contributed by atoms with Gasteiger partial charge in [-0.1, -0.05) is 12.1 Å². The van der Waals surface area contributed by atoms with Crippen LogP contribution in [0.15, 0.2) is 24.3 Å². The van der Waals surface area contributed by atoms with E-state index in [1.807, 2.05) is 24.3 Å². The van der Waals surface area contributed by atoms with Crippen LogP contribution in [-0.4, -0.2) is 60.2 Å². The summed E-state index contributed by atoms with van der Waals surface area (Å²) in [6, 6.07) is 7.37. The maximum atomic E-state index is 12.5. The number of carbonyl (C=O) groups is 3. The van der Waals surface area contributed by atoms with Gasteiger partial charge in [-0.2, -0.15) is 0 Å². The first-order valence-electron chi connectivity index (χ1n) is 8.47. The first-order chi connectivity index (χ1) is 12.4. The summed E-state index contributed by atoms with van der Waals surface area (Å²) in [7, 11) is 1.58. The summed E-state index contributed by atoms with van der Waals surface area (Å²) in [6.45, 7) is 0.914. The molecule has 2 aliphatic heterocycles. The lowest BCUT2D eigenvalue weighted by molar-refractivity contribution is -0.148. The molecule has 0 saturated carbocycles. The van der Waals surface area contributed by atoms with Gasteiger partial charge in [0.2, 0.25) is 11.8 Å². The molecule has 8 nitrogen and oxygen atoms in total. The maximum Gasteiger partial charge on any atom is 0.331 e. The van der Waals surface area contributed by atoms with Crippen LogP contribution < -0.4 is 10.1 Å². The third kappa shape index (κ3) is 3.65. The van der Waals surface area contributed by atoms with E-state index < -0.39 is 23.3 Å². The highest BCUT2D eigenvalue weighted by atomic mass is 16.5. The van der Waals surface area contributed by atoms with Crippen molar-refractivity contribution in [1.29, 1.82) is 0 Å². The monoisotopic (exact) mass is 362 g/mol. The summed E-state index contributed by atoms with van der Waals surface area (Å²) in [5, 5.41) is 12.0. The molecule has 2 amide bonds. The van der Waals surface area contributed by atoms with E-state index in [0.717, 1.165) is 11.3 Å². The second-order valence-corrected chi connectivity index (χ2v) is 6.70. The van der Waals surface area contributed by atoms with E-state index in [1.165, 1.54) is 0 Å². The zero-order chi connectivity index (χ0) is 18.7. The number of benzene rings is 1. The predicted octanol–water partition coefficient (Wildman–Crippen LogP) is 0.404. The molecule has 8 heteroatoms. The zero-order valence-electron chi connectivity index (χ0n) is 14.6. The summed E-state index contributed by atoms with van der Waals surface area (Å²) in [4.78, 5) is 37.9. The number of ether oxygens (including phenoxy) is 2. The van der Waals surface area contributed by atoms with Crippen molar-refractivity contribution < 1.29 is 29.0 Å². The predicted molar refractivity (Wildman–Crippen MR) is 90.5 cm³/mol. The Morgan fingerprint density at radius 3 is 2.69 bits per heavy atom. The molecule has 0 radical (unpaired) electrons. The molecule has 1 aromatic rings. The topological polar surface area (TPSA) is 105 Å². The number of aliphatic carboxylic acids is 1. The van der Waals surface area contributed by atoms with Crippen molar-refractivity contribution in [2.24, 2.45) is 5.92 Å². The first-order valence-corrected chi connectivity index (χ1v) is 8.47. The standard InChI is InChI=1S/C18H22N2O6/c1-25-14-4-2-12(3-5-14)9-20-10-13(8-15(20)21)16(22)19-18(17(23)24)6-7-26-11-18/h2-5,13H,6-11H2,1H3,(H,19,22)(H,23,24). The Bertz CT molecular complexity index is 696. The summed E-state index contributed by atoms with van der Waals surface area (Å²) >= 11 is 0. The number of carboxylic acid groups (broad SMARTS) is 1. The summed E-state index contributed by atoms with van der Waals surface area (Å²) in [6.07, 6.45) is 0.308. The SMILES string of the molecule is COc1ccc(CN2CC(C(=O)NC3(C(=O)O)CCOC3)CC2=O)cc1. The van der Waals surface area contributed by atoms with E-state index in [1.54, 1.807) is 12.0 Å². The molecule has 140 valence electrons. The zero-order valence-corrected chi connectivity index (χ0v) is 14.6. The van der Waals surface area contributed by atoms with E-state index in [2.05, 4.69) is 5.32 Å². The van der Waals surface area contributed by atoms with Crippen molar-refractivity contribution >= 4 is 17.8 Å². The normalized spacial score (nSPS) is 25.3. The molecule has 2 fully saturated rings. The van der Waals surface area contributed by atoms with Crippen LogP contribution in [0.2, 0.25) is 0 Å². The van der Waals surface area contributed by atoms with Gasteiger partial charge >= 0.3 is 5.97 Å². The second-order valence-electron chi connectivity index (χ2n) is 6.70. The van der Waals surface area contributed by atoms with Crippen molar-refractivity contribution in [3.63, 3.8) is 0 Å². The largest absolute Gasteiger partial charge is 0.497 e. The third-order valence-electron chi connectivity index (χ3n) is 4.91. The Labute approximate surface area is 151 Å². The van der Waals surface area contributed by atoms with Gasteiger partial charge in [0.05, 0.1) is 19.6 Å². The number of carbonyl (C=O) groups excluding carboxylic acids is 2. The van der Waals surface area contributed by atoms with E-state index in [4.69, 9.17) is 9.47 Å². The lowest BCUT2D eigenvalue weighted by Gasteiger charge is -2.25. The number of carboxylic acids is 1. The van der Waals surface area contributed by atoms with Crippen molar-refractivity contribution in [2.75, 3.05) is 26.9 Å². The summed E-state index contributed by atoms with van der Waals surface area (Å²) in [5.41, 5.74) is -0.449. The summed E-state index contributed by atoms with van der Waals surface area (Å²) in [5.74, 6) is -1.46. The Morgan fingerprint density at radius 1 is 1.38 bits per heavy atom. The smallest absolute Gasteiger partial charge is 0.331 e. The Hall–Kier alpha value is -2.61. The molecular formula is C18H22N2O6. The molecule has 2 unspecified atom stereocenters. The van der Waals surface area contributed by atoms with Crippen LogP contribution in [0.3, 0.4) is 0 Å². The van der Waals surface area contributed by atoms with Gasteiger partial charge in [-0.05, 0) is 17.7 Å². The van der Waals surface area contributed by atoms with Crippen molar-refractivity contribution in [1.82, 2.24) is 10.2 Å². The maximum absolute atomic E-state index is 12.5. The van der Waals surface area contributed by atoms with E-state index in [-0.39, 0.29) is 31.9 Å². The fraction of sp³-hybridized carbons (Fsp3) is 0.500. The molecule has 2 heterocycles. The highest BCUT2D eigenvalue weighted by molar-refractivity contribution is 5.93. The van der Waals surface area contributed by atoms with Crippen molar-refractivity contribution in [3.8, 4) is 5.75 Å². The number of methoxy groups -OCH3 is 1. The average molecular weight is 362 g/mol. The minimum Gasteiger partial charge on any atom is -0.497 e. The molecule has 2 aliphatic rings. The van der Waals surface area contributed by atoms with Crippen molar-refractivity contribution in [2.45, 2.75) is 24.9 Å². The number of hydrogen-bond donors (Lipinski definition) is 2. The molecule has 0 aliphatic carbocycles. The number of hydrogen-bond acceptors (Lipinski definition) is 5. The van der Waals surface area contributed by atoms with Gasteiger partial charge in [-0.15, -0.1) is 0 Å². The van der Waals surface area contributed by atoms with Gasteiger partial charge in [0.1, 0.15) is 5.75 Å². The Morgan fingerprint density at radius 2 is 2.12 bits per heavy atom. The fourth-order valence-electron chi connectivity index (χ4n) is 3.28. The number of likely N-dealkylation sites (tertiary alicyclic amines) is 1. The Kier molecular flexibility index (Phi) is 5.13. The molecule has 0 bridgehead atoms. The first kappa shape index (κ1) is 18.2. The molecule has 0 spiro atoms. The van der Waals surface area contributed by atoms with Gasteiger partial charge in [-0.25, -0.2) is 4.79 Å². The third-order valence-corrected chi connectivity index (χ3v) is 4.91. The van der Waals surface area contributed by atoms with Crippen LogP contribution in [-0.2, 0) is 25.7 Å². The molecule has 2 N–H and O–H groups in total. The van der Waals surface area contributed by atoms with Crippen LogP contribution in [0.4, 0.5) is 0 Å². The van der Waals surface area contributed by atoms with Gasteiger partial charge in [0, 0.05) is 32.5 Å². The number of nitrogens with one attached hydrogen (secondary N) is 1. The van der Waals surface area contributed by atoms with Gasteiger partial charge in [0.15, 0.2) is 5.54 Å². The molecule has 2 saturated heterocycles. The van der Waals surface area contributed by atoms with Crippen LogP contribution in [0.5, 0.6) is 5.75 Å². The van der Waals surface area contributed by atoms with Gasteiger partial charge in [-0.3, -0.25) is 9.59 Å². The summed E-state index contributed by atoms with van der Waals surface area (Å²) < 4.78 is 10.3. The fourth-order valence-corrected chi connectivity index (χ4v) is 3.28. The molecular weight excluding hydrogens is 340 g/mol. The van der Waals surface area contributed by atoms with E-state index in [0.29, 0.717) is 13.2 Å². The lowest BCUT2D eigenvalue weighted by Crippen LogP contribution is -2.56. The van der Waals surface area contributed by atoms with Crippen LogP contribution >= 0.6 is 0 Å². The van der Waals surface area contributed by atoms with Crippen LogP contribution in [0, 0.1) is 5.92 Å². The molecule has 0 aromatic heterocycles. The van der Waals surface area contributed by atoms with Crippen LogP contribution in [0.1, 0.15) is 18.4 Å². The van der Waals surface area contributed by atoms with Crippen LogP contribution in [0.25, 0.3) is 0 Å². The minimum absolute atomic E-state index is 0.0513. The highest BCUT2D eigenvalue weighted by Crippen LogP contribution is 2.24. The minimum atomic E-state index is -1.39. The lowest BCUT2D eigenvalue weighted by atomic mass is 9.97. The van der Waals surface area contributed by atoms with Crippen molar-refractivity contribution in [3.05, 3.63) is 29.8 Å². The van der Waals surface area contributed by atoms with Gasteiger partial charge in [0.25, 0.3) is 0 Å². The molecule has 3 rings (SSSR count). The number of amides is 2. The second kappa shape index (κ2) is 7.33. The van der Waals surface area contributed by atoms with E-state index in [9.17, 15) is 19.5 Å². The molecule has 2 atom stereocenters. The quantitative estimate of drug-likeness (QED) is 0.759. The Balaban J connectivity index is 1.61. The number of rotatable bonds is 6. The molecule has 26 heavy (non-hydrogen) atoms.